The highest BCUT2D eigenvalue weighted by molar-refractivity contribution is 5.91. The fourth-order valence-electron chi connectivity index (χ4n) is 3.91. The quantitative estimate of drug-likeness (QED) is 0.603. The first-order chi connectivity index (χ1) is 13.5. The van der Waals surface area contributed by atoms with E-state index in [9.17, 15) is 9.59 Å². The first-order valence-corrected chi connectivity index (χ1v) is 9.09. The van der Waals surface area contributed by atoms with Crippen LogP contribution in [0, 0.1) is 0 Å². The Hall–Kier alpha value is -3.55. The van der Waals surface area contributed by atoms with E-state index >= 15 is 0 Å². The fraction of sp³-hybridized carbons (Fsp3) is 0.250. The minimum atomic E-state index is -1.08. The lowest BCUT2D eigenvalue weighted by atomic mass is 9.84. The van der Waals surface area contributed by atoms with Crippen molar-refractivity contribution in [2.75, 3.05) is 24.1 Å². The van der Waals surface area contributed by atoms with Gasteiger partial charge >= 0.3 is 6.03 Å². The summed E-state index contributed by atoms with van der Waals surface area (Å²) in [5.41, 5.74) is 14.6. The van der Waals surface area contributed by atoms with Crippen molar-refractivity contribution < 1.29 is 9.59 Å². The van der Waals surface area contributed by atoms with Crippen molar-refractivity contribution >= 4 is 23.3 Å². The van der Waals surface area contributed by atoms with Crippen molar-refractivity contribution in [3.63, 3.8) is 0 Å². The van der Waals surface area contributed by atoms with E-state index in [1.54, 1.807) is 35.5 Å². The number of hydrogen-bond acceptors (Lipinski definition) is 5. The van der Waals surface area contributed by atoms with E-state index in [1.807, 2.05) is 18.2 Å². The number of benzene rings is 1. The van der Waals surface area contributed by atoms with Crippen LogP contribution in [0.2, 0.25) is 0 Å². The molecule has 6 N–H and O–H groups in total. The third-order valence-corrected chi connectivity index (χ3v) is 5.32. The van der Waals surface area contributed by atoms with Crippen LogP contribution in [0.25, 0.3) is 0 Å². The third kappa shape index (κ3) is 3.02. The molecule has 28 heavy (non-hydrogen) atoms. The van der Waals surface area contributed by atoms with Crippen LogP contribution in [-0.2, 0) is 10.3 Å². The molecule has 4 rings (SSSR count). The van der Waals surface area contributed by atoms with E-state index in [4.69, 9.17) is 11.5 Å². The Morgan fingerprint density at radius 2 is 2.04 bits per heavy atom. The van der Waals surface area contributed by atoms with Gasteiger partial charge in [0.15, 0.2) is 0 Å². The highest BCUT2D eigenvalue weighted by Gasteiger charge is 2.47. The standard InChI is InChI=1S/C20H22N6O2/c21-16-6-2-1-5-15(16)20(18(22)27)10-13-12-26(9-7-17(13)25-20)19(28)24-14-4-3-8-23-11-14/h1-6,8,11,25H,7,9-10,12,21H2,(H2,22,27)(H,24,28). The fourth-order valence-corrected chi connectivity index (χ4v) is 3.91. The molecule has 8 heteroatoms. The Morgan fingerprint density at radius 1 is 1.21 bits per heavy atom. The maximum atomic E-state index is 12.6. The molecule has 2 aromatic rings. The summed E-state index contributed by atoms with van der Waals surface area (Å²) >= 11 is 0. The Labute approximate surface area is 162 Å². The molecule has 0 bridgehead atoms. The molecule has 3 heterocycles. The van der Waals surface area contributed by atoms with Crippen LogP contribution in [0.1, 0.15) is 18.4 Å². The zero-order valence-corrected chi connectivity index (χ0v) is 15.3. The van der Waals surface area contributed by atoms with Crippen molar-refractivity contribution in [1.29, 1.82) is 0 Å². The lowest BCUT2D eigenvalue weighted by Crippen LogP contribution is -2.49. The number of anilines is 2. The number of carbonyl (C=O) groups excluding carboxylic acids is 2. The summed E-state index contributed by atoms with van der Waals surface area (Å²) in [5.74, 6) is -0.480. The molecule has 0 spiro atoms. The van der Waals surface area contributed by atoms with Gasteiger partial charge in [0.05, 0.1) is 11.9 Å². The van der Waals surface area contributed by atoms with Gasteiger partial charge in [-0.05, 0) is 23.8 Å². The molecule has 2 aliphatic rings. The first-order valence-electron chi connectivity index (χ1n) is 9.09. The molecule has 1 unspecified atom stereocenters. The summed E-state index contributed by atoms with van der Waals surface area (Å²) in [6, 6.07) is 10.6. The second kappa shape index (κ2) is 6.88. The molecule has 0 aliphatic carbocycles. The van der Waals surface area contributed by atoms with Crippen LogP contribution in [-0.4, -0.2) is 34.9 Å². The number of pyridine rings is 1. The first kappa shape index (κ1) is 17.8. The van der Waals surface area contributed by atoms with E-state index in [0.717, 1.165) is 11.3 Å². The van der Waals surface area contributed by atoms with Crippen LogP contribution in [0.4, 0.5) is 16.2 Å². The Morgan fingerprint density at radius 3 is 2.75 bits per heavy atom. The highest BCUT2D eigenvalue weighted by atomic mass is 16.2. The van der Waals surface area contributed by atoms with E-state index in [1.165, 1.54) is 0 Å². The monoisotopic (exact) mass is 378 g/mol. The van der Waals surface area contributed by atoms with Gasteiger partial charge in [-0.2, -0.15) is 0 Å². The summed E-state index contributed by atoms with van der Waals surface area (Å²) in [7, 11) is 0. The number of nitrogen functional groups attached to an aromatic ring is 1. The summed E-state index contributed by atoms with van der Waals surface area (Å²) in [5, 5.41) is 6.17. The van der Waals surface area contributed by atoms with Gasteiger partial charge in [0, 0.05) is 49.1 Å². The molecular formula is C20H22N6O2. The van der Waals surface area contributed by atoms with Crippen molar-refractivity contribution in [3.8, 4) is 0 Å². The Balaban J connectivity index is 1.53. The molecule has 0 saturated carbocycles. The average molecular weight is 378 g/mol. The molecule has 1 aromatic carbocycles. The largest absolute Gasteiger partial charge is 0.398 e. The minimum absolute atomic E-state index is 0.199. The summed E-state index contributed by atoms with van der Waals surface area (Å²) in [4.78, 5) is 30.8. The number of carbonyl (C=O) groups is 2. The molecule has 144 valence electrons. The minimum Gasteiger partial charge on any atom is -0.398 e. The molecule has 0 fully saturated rings. The van der Waals surface area contributed by atoms with Gasteiger partial charge in [-0.25, -0.2) is 4.79 Å². The van der Waals surface area contributed by atoms with E-state index in [-0.39, 0.29) is 6.03 Å². The topological polar surface area (TPSA) is 126 Å². The number of aromatic nitrogens is 1. The van der Waals surface area contributed by atoms with Gasteiger partial charge in [0.1, 0.15) is 5.54 Å². The number of amides is 3. The number of nitrogens with one attached hydrogen (secondary N) is 2. The van der Waals surface area contributed by atoms with E-state index in [2.05, 4.69) is 15.6 Å². The van der Waals surface area contributed by atoms with Gasteiger partial charge in [0.2, 0.25) is 5.91 Å². The number of nitrogens with two attached hydrogens (primary N) is 2. The van der Waals surface area contributed by atoms with Crippen molar-refractivity contribution in [3.05, 3.63) is 65.6 Å². The SMILES string of the molecule is NC(=O)C1(c2ccccc2N)CC2=C(CCN(C(=O)Nc3cccnc3)C2)N1. The number of nitrogens with zero attached hydrogens (tertiary/aromatic N) is 2. The van der Waals surface area contributed by atoms with Crippen LogP contribution in [0.15, 0.2) is 60.1 Å². The molecule has 3 amide bonds. The van der Waals surface area contributed by atoms with Crippen LogP contribution >= 0.6 is 0 Å². The number of rotatable bonds is 3. The van der Waals surface area contributed by atoms with Gasteiger partial charge in [-0.1, -0.05) is 18.2 Å². The Bertz CT molecular complexity index is 958. The Kier molecular flexibility index (Phi) is 4.38. The van der Waals surface area contributed by atoms with Crippen molar-refractivity contribution in [2.24, 2.45) is 5.73 Å². The lowest BCUT2D eigenvalue weighted by Gasteiger charge is -2.29. The third-order valence-electron chi connectivity index (χ3n) is 5.32. The summed E-state index contributed by atoms with van der Waals surface area (Å²) in [6.07, 6.45) is 4.26. The molecular weight excluding hydrogens is 356 g/mol. The normalized spacial score (nSPS) is 21.1. The summed E-state index contributed by atoms with van der Waals surface area (Å²) < 4.78 is 0. The molecule has 0 saturated heterocycles. The maximum Gasteiger partial charge on any atom is 0.322 e. The number of urea groups is 1. The molecule has 0 radical (unpaired) electrons. The number of hydrogen-bond donors (Lipinski definition) is 4. The zero-order chi connectivity index (χ0) is 19.7. The molecule has 1 aromatic heterocycles. The maximum absolute atomic E-state index is 12.6. The number of primary amides is 1. The van der Waals surface area contributed by atoms with Crippen LogP contribution < -0.4 is 22.1 Å². The lowest BCUT2D eigenvalue weighted by molar-refractivity contribution is -0.124. The predicted molar refractivity (Wildman–Crippen MR) is 106 cm³/mol. The van der Waals surface area contributed by atoms with Crippen molar-refractivity contribution in [2.45, 2.75) is 18.4 Å². The molecule has 8 nitrogen and oxygen atoms in total. The van der Waals surface area contributed by atoms with Crippen molar-refractivity contribution in [1.82, 2.24) is 15.2 Å². The van der Waals surface area contributed by atoms with E-state index < -0.39 is 11.4 Å². The average Bonchev–Trinajstić information content (AvgIpc) is 3.09. The number of para-hydroxylation sites is 1. The van der Waals surface area contributed by atoms with Crippen LogP contribution in [0.5, 0.6) is 0 Å². The van der Waals surface area contributed by atoms with E-state index in [0.29, 0.717) is 42.9 Å². The smallest absolute Gasteiger partial charge is 0.322 e. The zero-order valence-electron chi connectivity index (χ0n) is 15.3. The predicted octanol–water partition coefficient (Wildman–Crippen LogP) is 1.53. The second-order valence-corrected chi connectivity index (χ2v) is 7.08. The molecule has 1 atom stereocenters. The van der Waals surface area contributed by atoms with Gasteiger partial charge in [-0.3, -0.25) is 9.78 Å². The van der Waals surface area contributed by atoms with Gasteiger partial charge in [0.25, 0.3) is 0 Å². The second-order valence-electron chi connectivity index (χ2n) is 7.08. The summed E-state index contributed by atoms with van der Waals surface area (Å²) in [6.45, 7) is 0.966. The van der Waals surface area contributed by atoms with Crippen LogP contribution in [0.3, 0.4) is 0 Å². The molecule has 2 aliphatic heterocycles. The van der Waals surface area contributed by atoms with Gasteiger partial charge in [-0.15, -0.1) is 0 Å². The van der Waals surface area contributed by atoms with Gasteiger partial charge < -0.3 is 27.0 Å². The highest BCUT2D eigenvalue weighted by Crippen LogP contribution is 2.41.